The van der Waals surface area contributed by atoms with Gasteiger partial charge in [-0.25, -0.2) is 4.79 Å². The first kappa shape index (κ1) is 18.2. The van der Waals surface area contributed by atoms with Gasteiger partial charge < -0.3 is 10.6 Å². The second kappa shape index (κ2) is 8.10. The molecule has 0 aliphatic carbocycles. The summed E-state index contributed by atoms with van der Waals surface area (Å²) in [5.74, 6) is 0.386. The third kappa shape index (κ3) is 4.44. The van der Waals surface area contributed by atoms with Crippen molar-refractivity contribution < 1.29 is 9.00 Å². The van der Waals surface area contributed by atoms with Gasteiger partial charge in [-0.2, -0.15) is 5.10 Å². The lowest BCUT2D eigenvalue weighted by atomic mass is 10.1. The molecule has 2 N–H and O–H groups in total. The molecular formula is C17H24N4O2S. The van der Waals surface area contributed by atoms with Crippen molar-refractivity contribution in [1.82, 2.24) is 20.4 Å². The van der Waals surface area contributed by atoms with E-state index in [0.717, 1.165) is 21.8 Å². The molecule has 2 amide bonds. The van der Waals surface area contributed by atoms with Crippen LogP contribution in [-0.2, 0) is 17.8 Å². The number of amides is 2. The van der Waals surface area contributed by atoms with Gasteiger partial charge in [0.25, 0.3) is 0 Å². The highest BCUT2D eigenvalue weighted by Gasteiger charge is 2.17. The number of hydrogen-bond donors (Lipinski definition) is 2. The lowest BCUT2D eigenvalue weighted by Gasteiger charge is -2.15. The highest BCUT2D eigenvalue weighted by Crippen LogP contribution is 2.20. The van der Waals surface area contributed by atoms with E-state index in [1.807, 2.05) is 62.8 Å². The molecule has 0 aliphatic rings. The summed E-state index contributed by atoms with van der Waals surface area (Å²) >= 11 is 0. The second-order valence-electron chi connectivity index (χ2n) is 5.69. The minimum atomic E-state index is -1.11. The van der Waals surface area contributed by atoms with Gasteiger partial charge in [-0.3, -0.25) is 8.89 Å². The summed E-state index contributed by atoms with van der Waals surface area (Å²) in [6.07, 6.45) is 0. The predicted molar refractivity (Wildman–Crippen MR) is 95.3 cm³/mol. The molecule has 2 aromatic rings. The Hall–Kier alpha value is -2.15. The molecule has 130 valence electrons. The number of nitrogens with zero attached hydrogens (tertiary/aromatic N) is 2. The van der Waals surface area contributed by atoms with Gasteiger partial charge in [0.1, 0.15) is 0 Å². The van der Waals surface area contributed by atoms with Gasteiger partial charge in [-0.05, 0) is 32.9 Å². The molecule has 0 saturated carbocycles. The van der Waals surface area contributed by atoms with Gasteiger partial charge >= 0.3 is 6.03 Å². The Kier molecular flexibility index (Phi) is 6.14. The first-order valence-corrected chi connectivity index (χ1v) is 9.20. The number of hydrogen-bond acceptors (Lipinski definition) is 3. The van der Waals surface area contributed by atoms with E-state index in [4.69, 9.17) is 0 Å². The van der Waals surface area contributed by atoms with Crippen LogP contribution in [0, 0.1) is 13.8 Å². The number of carbonyl (C=O) groups excluding carboxylic acids is 1. The van der Waals surface area contributed by atoms with Crippen LogP contribution in [0.2, 0.25) is 0 Å². The maximum absolute atomic E-state index is 12.1. The molecule has 2 atom stereocenters. The molecule has 0 fully saturated rings. The van der Waals surface area contributed by atoms with Crippen LogP contribution in [0.5, 0.6) is 0 Å². The normalized spacial score (nSPS) is 13.3. The van der Waals surface area contributed by atoms with Gasteiger partial charge in [0.05, 0.1) is 22.5 Å². The largest absolute Gasteiger partial charge is 0.337 e. The van der Waals surface area contributed by atoms with Crippen LogP contribution in [0.25, 0.3) is 0 Å². The lowest BCUT2D eigenvalue weighted by Crippen LogP contribution is -2.39. The Morgan fingerprint density at radius 3 is 2.54 bits per heavy atom. The third-order valence-electron chi connectivity index (χ3n) is 3.92. The van der Waals surface area contributed by atoms with Crippen molar-refractivity contribution in [3.63, 3.8) is 0 Å². The van der Waals surface area contributed by atoms with Crippen molar-refractivity contribution in [2.24, 2.45) is 7.05 Å². The zero-order valence-corrected chi connectivity index (χ0v) is 15.3. The van der Waals surface area contributed by atoms with Gasteiger partial charge in [-0.15, -0.1) is 0 Å². The lowest BCUT2D eigenvalue weighted by molar-refractivity contribution is 0.238. The fraction of sp³-hybridized carbons (Fsp3) is 0.412. The molecule has 24 heavy (non-hydrogen) atoms. The van der Waals surface area contributed by atoms with E-state index >= 15 is 0 Å². The van der Waals surface area contributed by atoms with Crippen LogP contribution in [0.1, 0.15) is 29.9 Å². The topological polar surface area (TPSA) is 76.0 Å². The zero-order valence-electron chi connectivity index (χ0n) is 14.5. The third-order valence-corrected chi connectivity index (χ3v) is 5.30. The van der Waals surface area contributed by atoms with Crippen molar-refractivity contribution in [1.29, 1.82) is 0 Å². The molecular weight excluding hydrogens is 324 g/mol. The van der Waals surface area contributed by atoms with E-state index < -0.39 is 10.8 Å². The van der Waals surface area contributed by atoms with E-state index in [9.17, 15) is 9.00 Å². The highest BCUT2D eigenvalue weighted by molar-refractivity contribution is 7.85. The molecule has 0 saturated heterocycles. The predicted octanol–water partition coefficient (Wildman–Crippen LogP) is 2.20. The minimum Gasteiger partial charge on any atom is -0.337 e. The molecule has 0 bridgehead atoms. The first-order valence-electron chi connectivity index (χ1n) is 7.88. The molecule has 2 unspecified atom stereocenters. The van der Waals surface area contributed by atoms with Crippen molar-refractivity contribution in [2.45, 2.75) is 31.7 Å². The molecule has 1 aromatic carbocycles. The van der Waals surface area contributed by atoms with Crippen molar-refractivity contribution in [3.05, 3.63) is 47.3 Å². The summed E-state index contributed by atoms with van der Waals surface area (Å²) in [4.78, 5) is 12.8. The Labute approximate surface area is 145 Å². The van der Waals surface area contributed by atoms with Crippen LogP contribution in [-0.4, -0.2) is 32.3 Å². The van der Waals surface area contributed by atoms with E-state index in [-0.39, 0.29) is 12.1 Å². The van der Waals surface area contributed by atoms with Gasteiger partial charge in [0.15, 0.2) is 0 Å². The smallest absolute Gasteiger partial charge is 0.315 e. The molecule has 0 spiro atoms. The standard InChI is InChI=1S/C17H24N4O2S/c1-12(16-13(2)20-21(4)14(16)3)19-17(22)18-10-11-24(23)15-8-6-5-7-9-15/h5-9,12H,10-11H2,1-4H3,(H2,18,19,22). The van der Waals surface area contributed by atoms with Gasteiger partial charge in [-0.1, -0.05) is 18.2 Å². The molecule has 7 heteroatoms. The maximum atomic E-state index is 12.1. The summed E-state index contributed by atoms with van der Waals surface area (Å²) < 4.78 is 13.9. The second-order valence-corrected chi connectivity index (χ2v) is 7.26. The summed E-state index contributed by atoms with van der Waals surface area (Å²) in [6.45, 7) is 6.19. The monoisotopic (exact) mass is 348 g/mol. The molecule has 2 rings (SSSR count). The number of carbonyl (C=O) groups is 1. The van der Waals surface area contributed by atoms with Gasteiger partial charge in [0.2, 0.25) is 0 Å². The minimum absolute atomic E-state index is 0.140. The van der Waals surface area contributed by atoms with Crippen molar-refractivity contribution in [3.8, 4) is 0 Å². The summed E-state index contributed by atoms with van der Waals surface area (Å²) in [5.41, 5.74) is 2.97. The van der Waals surface area contributed by atoms with E-state index in [1.54, 1.807) is 0 Å². The van der Waals surface area contributed by atoms with E-state index in [0.29, 0.717) is 12.3 Å². The first-order chi connectivity index (χ1) is 11.4. The number of nitrogens with one attached hydrogen (secondary N) is 2. The van der Waals surface area contributed by atoms with Gasteiger partial charge in [0, 0.05) is 35.5 Å². The summed E-state index contributed by atoms with van der Waals surface area (Å²) in [7, 11) is 0.778. The van der Waals surface area contributed by atoms with Crippen LogP contribution in [0.3, 0.4) is 0 Å². The molecule has 6 nitrogen and oxygen atoms in total. The SMILES string of the molecule is Cc1nn(C)c(C)c1C(C)NC(=O)NCCS(=O)c1ccccc1. The average molecular weight is 348 g/mol. The fourth-order valence-corrected chi connectivity index (χ4v) is 3.67. The highest BCUT2D eigenvalue weighted by atomic mass is 32.2. The molecule has 1 aromatic heterocycles. The summed E-state index contributed by atoms with van der Waals surface area (Å²) in [6, 6.07) is 8.84. The Morgan fingerprint density at radius 1 is 1.29 bits per heavy atom. The Morgan fingerprint density at radius 2 is 1.96 bits per heavy atom. The van der Waals surface area contributed by atoms with E-state index in [2.05, 4.69) is 15.7 Å². The van der Waals surface area contributed by atoms with Crippen LogP contribution >= 0.6 is 0 Å². The maximum Gasteiger partial charge on any atom is 0.315 e. The number of rotatable bonds is 6. The van der Waals surface area contributed by atoms with E-state index in [1.165, 1.54) is 0 Å². The quantitative estimate of drug-likeness (QED) is 0.840. The zero-order chi connectivity index (χ0) is 17.7. The number of aryl methyl sites for hydroxylation is 2. The number of aromatic nitrogens is 2. The number of benzene rings is 1. The molecule has 0 aliphatic heterocycles. The van der Waals surface area contributed by atoms with Crippen molar-refractivity contribution in [2.75, 3.05) is 12.3 Å². The number of urea groups is 1. The fourth-order valence-electron chi connectivity index (χ4n) is 2.68. The van der Waals surface area contributed by atoms with Crippen molar-refractivity contribution >= 4 is 16.8 Å². The molecule has 0 radical (unpaired) electrons. The molecule has 1 heterocycles. The Balaban J connectivity index is 1.82. The average Bonchev–Trinajstić information content (AvgIpc) is 2.80. The van der Waals surface area contributed by atoms with Crippen LogP contribution in [0.4, 0.5) is 4.79 Å². The summed E-state index contributed by atoms with van der Waals surface area (Å²) in [5, 5.41) is 10.0. The van der Waals surface area contributed by atoms with Crippen LogP contribution in [0.15, 0.2) is 35.2 Å². The Bertz CT molecular complexity index is 728. The van der Waals surface area contributed by atoms with Crippen LogP contribution < -0.4 is 10.6 Å².